The number of para-hydroxylation sites is 1. The summed E-state index contributed by atoms with van der Waals surface area (Å²) in [5, 5.41) is 11.4. The average molecular weight is 213 g/mol. The molecule has 2 aromatic carbocycles. The summed E-state index contributed by atoms with van der Waals surface area (Å²) >= 11 is 0. The zero-order valence-electron chi connectivity index (χ0n) is 8.58. The minimum Gasteiger partial charge on any atom is -0.457 e. The first-order chi connectivity index (χ1) is 7.88. The summed E-state index contributed by atoms with van der Waals surface area (Å²) in [5.41, 5.74) is 0.788. The molecule has 80 valence electrons. The van der Waals surface area contributed by atoms with Crippen molar-refractivity contribution < 1.29 is 9.94 Å². The Morgan fingerprint density at radius 3 is 2.44 bits per heavy atom. The van der Waals surface area contributed by atoms with E-state index in [2.05, 4.69) is 5.16 Å². The van der Waals surface area contributed by atoms with Crippen molar-refractivity contribution in [3.05, 3.63) is 60.2 Å². The van der Waals surface area contributed by atoms with Crippen molar-refractivity contribution in [3.8, 4) is 11.5 Å². The number of nitrogens with zero attached hydrogens (tertiary/aromatic N) is 1. The first kappa shape index (κ1) is 10.2. The summed E-state index contributed by atoms with van der Waals surface area (Å²) in [6.45, 7) is 0. The van der Waals surface area contributed by atoms with Crippen molar-refractivity contribution >= 4 is 6.21 Å². The highest BCUT2D eigenvalue weighted by atomic mass is 16.5. The zero-order valence-corrected chi connectivity index (χ0v) is 8.58. The minimum absolute atomic E-state index is 0.712. The summed E-state index contributed by atoms with van der Waals surface area (Å²) in [7, 11) is 0. The standard InChI is InChI=1S/C13H11NO2/c15-14-10-11-5-4-8-13(9-11)16-12-6-2-1-3-7-12/h1-10,15H/b14-10-. The first-order valence-corrected chi connectivity index (χ1v) is 4.89. The van der Waals surface area contributed by atoms with Crippen molar-refractivity contribution in [2.24, 2.45) is 5.16 Å². The second kappa shape index (κ2) is 4.98. The van der Waals surface area contributed by atoms with Crippen LogP contribution in [0.25, 0.3) is 0 Å². The number of ether oxygens (including phenoxy) is 1. The molecule has 0 aromatic heterocycles. The molecule has 0 aliphatic carbocycles. The largest absolute Gasteiger partial charge is 0.457 e. The lowest BCUT2D eigenvalue weighted by Crippen LogP contribution is -1.86. The van der Waals surface area contributed by atoms with Gasteiger partial charge in [-0.15, -0.1) is 0 Å². The van der Waals surface area contributed by atoms with Gasteiger partial charge in [0, 0.05) is 0 Å². The fraction of sp³-hybridized carbons (Fsp3) is 0. The van der Waals surface area contributed by atoms with E-state index in [1.165, 1.54) is 6.21 Å². The number of benzene rings is 2. The van der Waals surface area contributed by atoms with Crippen LogP contribution in [0.2, 0.25) is 0 Å². The number of hydrogen-bond acceptors (Lipinski definition) is 3. The molecule has 0 amide bonds. The molecule has 0 bridgehead atoms. The molecule has 1 N–H and O–H groups in total. The maximum atomic E-state index is 8.43. The molecule has 0 fully saturated rings. The van der Waals surface area contributed by atoms with Crippen molar-refractivity contribution in [1.82, 2.24) is 0 Å². The lowest BCUT2D eigenvalue weighted by molar-refractivity contribution is 0.322. The third-order valence-corrected chi connectivity index (χ3v) is 2.04. The first-order valence-electron chi connectivity index (χ1n) is 4.89. The van der Waals surface area contributed by atoms with Crippen LogP contribution in [-0.2, 0) is 0 Å². The molecular weight excluding hydrogens is 202 g/mol. The molecule has 3 heteroatoms. The molecule has 0 saturated carbocycles. The molecule has 0 aliphatic heterocycles. The normalized spacial score (nSPS) is 10.5. The Labute approximate surface area is 93.6 Å². The van der Waals surface area contributed by atoms with Gasteiger partial charge in [0.25, 0.3) is 0 Å². The highest BCUT2D eigenvalue weighted by Crippen LogP contribution is 2.21. The summed E-state index contributed by atoms with van der Waals surface area (Å²) in [5.74, 6) is 1.49. The van der Waals surface area contributed by atoms with Gasteiger partial charge >= 0.3 is 0 Å². The summed E-state index contributed by atoms with van der Waals surface area (Å²) < 4.78 is 5.62. The quantitative estimate of drug-likeness (QED) is 0.483. The van der Waals surface area contributed by atoms with E-state index >= 15 is 0 Å². The van der Waals surface area contributed by atoms with E-state index < -0.39 is 0 Å². The Balaban J connectivity index is 2.19. The van der Waals surface area contributed by atoms with Gasteiger partial charge in [0.1, 0.15) is 11.5 Å². The van der Waals surface area contributed by atoms with Crippen LogP contribution in [-0.4, -0.2) is 11.4 Å². The third-order valence-electron chi connectivity index (χ3n) is 2.04. The van der Waals surface area contributed by atoms with Crippen molar-refractivity contribution in [3.63, 3.8) is 0 Å². The Hall–Kier alpha value is -2.29. The van der Waals surface area contributed by atoms with E-state index in [0.29, 0.717) is 5.75 Å². The summed E-state index contributed by atoms with van der Waals surface area (Å²) in [6, 6.07) is 16.8. The highest BCUT2D eigenvalue weighted by molar-refractivity contribution is 5.79. The van der Waals surface area contributed by atoms with Gasteiger partial charge in [-0.3, -0.25) is 0 Å². The van der Waals surface area contributed by atoms with Gasteiger partial charge in [-0.25, -0.2) is 0 Å². The molecule has 0 atom stereocenters. The average Bonchev–Trinajstić information content (AvgIpc) is 2.31. The number of oxime groups is 1. The van der Waals surface area contributed by atoms with Gasteiger partial charge < -0.3 is 9.94 Å². The molecular formula is C13H11NO2. The van der Waals surface area contributed by atoms with E-state index in [1.54, 1.807) is 6.07 Å². The molecule has 0 radical (unpaired) electrons. The van der Waals surface area contributed by atoms with Crippen molar-refractivity contribution in [1.29, 1.82) is 0 Å². The lowest BCUT2D eigenvalue weighted by Gasteiger charge is -2.05. The van der Waals surface area contributed by atoms with Crippen LogP contribution < -0.4 is 4.74 Å². The zero-order chi connectivity index (χ0) is 11.2. The van der Waals surface area contributed by atoms with E-state index in [4.69, 9.17) is 9.94 Å². The van der Waals surface area contributed by atoms with Crippen LogP contribution >= 0.6 is 0 Å². The van der Waals surface area contributed by atoms with E-state index in [-0.39, 0.29) is 0 Å². The van der Waals surface area contributed by atoms with Gasteiger partial charge in [0.2, 0.25) is 0 Å². The Morgan fingerprint density at radius 1 is 0.938 bits per heavy atom. The maximum Gasteiger partial charge on any atom is 0.128 e. The maximum absolute atomic E-state index is 8.43. The van der Waals surface area contributed by atoms with Gasteiger partial charge in [-0.05, 0) is 29.8 Å². The third kappa shape index (κ3) is 2.60. The van der Waals surface area contributed by atoms with Crippen molar-refractivity contribution in [2.45, 2.75) is 0 Å². The molecule has 16 heavy (non-hydrogen) atoms. The van der Waals surface area contributed by atoms with Crippen LogP contribution in [0.4, 0.5) is 0 Å². The predicted molar refractivity (Wildman–Crippen MR) is 62.3 cm³/mol. The second-order valence-corrected chi connectivity index (χ2v) is 3.23. The van der Waals surface area contributed by atoms with Crippen LogP contribution in [0.15, 0.2) is 59.8 Å². The smallest absolute Gasteiger partial charge is 0.128 e. The Kier molecular flexibility index (Phi) is 3.18. The van der Waals surface area contributed by atoms with Crippen molar-refractivity contribution in [2.75, 3.05) is 0 Å². The molecule has 0 aliphatic rings. The van der Waals surface area contributed by atoms with E-state index in [9.17, 15) is 0 Å². The molecule has 2 aromatic rings. The number of rotatable bonds is 3. The molecule has 3 nitrogen and oxygen atoms in total. The summed E-state index contributed by atoms with van der Waals surface area (Å²) in [6.07, 6.45) is 1.36. The highest BCUT2D eigenvalue weighted by Gasteiger charge is 1.96. The molecule has 0 spiro atoms. The van der Waals surface area contributed by atoms with Gasteiger partial charge in [0.15, 0.2) is 0 Å². The van der Waals surface area contributed by atoms with Gasteiger partial charge in [-0.1, -0.05) is 35.5 Å². The molecule has 0 unspecified atom stereocenters. The monoisotopic (exact) mass is 213 g/mol. The van der Waals surface area contributed by atoms with Crippen LogP contribution in [0.5, 0.6) is 11.5 Å². The molecule has 2 rings (SSSR count). The SMILES string of the molecule is O/N=C\c1cccc(Oc2ccccc2)c1. The number of hydrogen-bond donors (Lipinski definition) is 1. The van der Waals surface area contributed by atoms with Crippen LogP contribution in [0.1, 0.15) is 5.56 Å². The van der Waals surface area contributed by atoms with E-state index in [1.807, 2.05) is 48.5 Å². The molecule has 0 saturated heterocycles. The van der Waals surface area contributed by atoms with E-state index in [0.717, 1.165) is 11.3 Å². The molecule has 0 heterocycles. The van der Waals surface area contributed by atoms with Gasteiger partial charge in [0.05, 0.1) is 6.21 Å². The predicted octanol–water partition coefficient (Wildman–Crippen LogP) is 3.29. The Morgan fingerprint density at radius 2 is 1.69 bits per heavy atom. The van der Waals surface area contributed by atoms with Crippen LogP contribution in [0.3, 0.4) is 0 Å². The Bertz CT molecular complexity index is 480. The fourth-order valence-electron chi connectivity index (χ4n) is 1.35. The lowest BCUT2D eigenvalue weighted by atomic mass is 10.2. The summed E-state index contributed by atoms with van der Waals surface area (Å²) in [4.78, 5) is 0. The second-order valence-electron chi connectivity index (χ2n) is 3.23. The topological polar surface area (TPSA) is 41.8 Å². The van der Waals surface area contributed by atoms with Gasteiger partial charge in [-0.2, -0.15) is 0 Å². The van der Waals surface area contributed by atoms with Crippen LogP contribution in [0, 0.1) is 0 Å². The fourth-order valence-corrected chi connectivity index (χ4v) is 1.35. The minimum atomic E-state index is 0.712.